The largest absolute Gasteiger partial charge is 0.130 e. The van der Waals surface area contributed by atoms with Gasteiger partial charge in [-0.3, -0.25) is 0 Å². The third kappa shape index (κ3) is 3.23. The van der Waals surface area contributed by atoms with E-state index in [4.69, 9.17) is 0 Å². The van der Waals surface area contributed by atoms with E-state index in [0.717, 1.165) is 0 Å². The number of allylic oxidation sites excluding steroid dienone is 5. The lowest BCUT2D eigenvalue weighted by molar-refractivity contribution is 0.737. The lowest BCUT2D eigenvalue weighted by Crippen LogP contribution is -2.17. The normalized spacial score (nSPS) is 25.9. The quantitative estimate of drug-likeness (QED) is 0.354. The molecule has 0 nitrogen and oxygen atoms in total. The summed E-state index contributed by atoms with van der Waals surface area (Å²) in [4.78, 5) is 3.23. The fourth-order valence-electron chi connectivity index (χ4n) is 3.28. The molecule has 2 atom stereocenters. The molecule has 2 aliphatic carbocycles. The van der Waals surface area contributed by atoms with Gasteiger partial charge >= 0.3 is 0 Å². The van der Waals surface area contributed by atoms with E-state index in [9.17, 15) is 0 Å². The Balaban J connectivity index is 2.07. The van der Waals surface area contributed by atoms with Gasteiger partial charge < -0.3 is 0 Å². The fourth-order valence-corrected chi connectivity index (χ4v) is 9.59. The van der Waals surface area contributed by atoms with Crippen molar-refractivity contribution in [1.82, 2.24) is 0 Å². The van der Waals surface area contributed by atoms with Crippen molar-refractivity contribution in [3.63, 3.8) is 0 Å². The monoisotopic (exact) mass is 424 g/mol. The van der Waals surface area contributed by atoms with Crippen LogP contribution in [0.5, 0.6) is 0 Å². The molecule has 0 amide bonds. The molecule has 0 bridgehead atoms. The highest BCUT2D eigenvalue weighted by molar-refractivity contribution is 14.2. The number of halogens is 1. The number of hydrogen-bond acceptors (Lipinski definition) is 0. The highest BCUT2D eigenvalue weighted by Crippen LogP contribution is 2.74. The summed E-state index contributed by atoms with van der Waals surface area (Å²) in [6.07, 6.45) is 16.1. The Labute approximate surface area is 148 Å². The lowest BCUT2D eigenvalue weighted by Gasteiger charge is -2.44. The predicted molar refractivity (Wildman–Crippen MR) is 109 cm³/mol. The first-order chi connectivity index (χ1) is 10.6. The number of benzene rings is 1. The van der Waals surface area contributed by atoms with Gasteiger partial charge in [-0.15, -0.1) is 7.20 Å². The Morgan fingerprint density at radius 2 is 1.82 bits per heavy atom. The van der Waals surface area contributed by atoms with E-state index in [0.29, 0.717) is 5.25 Å². The minimum Gasteiger partial charge on any atom is -0.130 e. The molecule has 118 valence electrons. The lowest BCUT2D eigenvalue weighted by atomic mass is 10.1. The summed E-state index contributed by atoms with van der Waals surface area (Å²) in [7, 11) is -0.962. The van der Waals surface area contributed by atoms with Gasteiger partial charge in [0.15, 0.2) is 0 Å². The average molecular weight is 424 g/mol. The van der Waals surface area contributed by atoms with Crippen molar-refractivity contribution in [3.8, 4) is 0 Å². The van der Waals surface area contributed by atoms with Crippen LogP contribution in [0.4, 0.5) is 0 Å². The second-order valence-corrected chi connectivity index (χ2v) is 13.4. The van der Waals surface area contributed by atoms with Gasteiger partial charge in [0, 0.05) is 10.1 Å². The van der Waals surface area contributed by atoms with Crippen LogP contribution in [0.25, 0.3) is 0 Å². The van der Waals surface area contributed by atoms with E-state index < -0.39 is 7.20 Å². The SMILES string of the molecule is CC1=CC=C(S(I)(c2ccc(C)cc2)C2C=CCCC2)CC1. The molecule has 0 radical (unpaired) electrons. The maximum absolute atomic E-state index is 2.83. The van der Waals surface area contributed by atoms with Crippen LogP contribution in [0, 0.1) is 6.92 Å². The molecular weight excluding hydrogens is 399 g/mol. The molecule has 0 heterocycles. The first-order valence-corrected chi connectivity index (χ1v) is 12.5. The van der Waals surface area contributed by atoms with Crippen LogP contribution in [-0.2, 0) is 0 Å². The summed E-state index contributed by atoms with van der Waals surface area (Å²) in [5, 5.41) is 0.697. The van der Waals surface area contributed by atoms with E-state index in [1.165, 1.54) is 43.2 Å². The minimum atomic E-state index is -0.962. The van der Waals surface area contributed by atoms with Crippen LogP contribution in [0.1, 0.15) is 44.6 Å². The number of aryl methyl sites for hydroxylation is 1. The van der Waals surface area contributed by atoms with Crippen LogP contribution < -0.4 is 0 Å². The molecule has 0 aromatic heterocycles. The van der Waals surface area contributed by atoms with Crippen LogP contribution in [-0.4, -0.2) is 5.25 Å². The Hall–Kier alpha value is -0.480. The van der Waals surface area contributed by atoms with Gasteiger partial charge in [0.1, 0.15) is 0 Å². The van der Waals surface area contributed by atoms with Gasteiger partial charge in [0.25, 0.3) is 0 Å². The molecule has 1 aromatic carbocycles. The molecular formula is C20H25IS. The van der Waals surface area contributed by atoms with E-state index in [1.807, 2.05) is 0 Å². The van der Waals surface area contributed by atoms with Crippen LogP contribution in [0.15, 0.2) is 63.9 Å². The topological polar surface area (TPSA) is 0 Å². The Kier molecular flexibility index (Phi) is 5.18. The van der Waals surface area contributed by atoms with Gasteiger partial charge in [0.2, 0.25) is 0 Å². The first-order valence-electron chi connectivity index (χ1n) is 8.22. The molecule has 0 aliphatic heterocycles. The molecule has 1 aromatic rings. The molecule has 2 aliphatic rings. The highest BCUT2D eigenvalue weighted by Gasteiger charge is 2.35. The summed E-state index contributed by atoms with van der Waals surface area (Å²) in [5.41, 5.74) is 2.87. The van der Waals surface area contributed by atoms with Crippen molar-refractivity contribution in [2.45, 2.75) is 56.1 Å². The standard InChI is InChI=1S/C20H25IS/c1-16-8-12-19(13-9-16)22(21,18-6-4-3-5-7-18)20-14-10-17(2)11-15-20/h4,6,8-10,12-14,18H,3,5,7,11,15H2,1-2H3. The molecule has 0 N–H and O–H groups in total. The van der Waals surface area contributed by atoms with E-state index >= 15 is 0 Å². The third-order valence-electron chi connectivity index (χ3n) is 4.69. The number of hydrogen-bond donors (Lipinski definition) is 0. The van der Waals surface area contributed by atoms with Crippen molar-refractivity contribution in [2.75, 3.05) is 0 Å². The summed E-state index contributed by atoms with van der Waals surface area (Å²) in [6.45, 7) is 4.43. The zero-order chi connectivity index (χ0) is 15.6. The maximum atomic E-state index is 2.83. The molecule has 0 fully saturated rings. The summed E-state index contributed by atoms with van der Waals surface area (Å²) in [6, 6.07) is 9.33. The van der Waals surface area contributed by atoms with Gasteiger partial charge in [-0.1, -0.05) is 47.6 Å². The van der Waals surface area contributed by atoms with Crippen molar-refractivity contribution < 1.29 is 0 Å². The van der Waals surface area contributed by atoms with E-state index in [1.54, 1.807) is 9.80 Å². The zero-order valence-electron chi connectivity index (χ0n) is 13.5. The highest BCUT2D eigenvalue weighted by atomic mass is 127. The van der Waals surface area contributed by atoms with E-state index in [-0.39, 0.29) is 0 Å². The van der Waals surface area contributed by atoms with Crippen molar-refractivity contribution >= 4 is 28.4 Å². The molecule has 0 spiro atoms. The van der Waals surface area contributed by atoms with Crippen LogP contribution in [0.3, 0.4) is 0 Å². The molecule has 22 heavy (non-hydrogen) atoms. The summed E-state index contributed by atoms with van der Waals surface area (Å²) in [5.74, 6) is 0. The Morgan fingerprint density at radius 3 is 2.41 bits per heavy atom. The molecule has 3 rings (SSSR count). The van der Waals surface area contributed by atoms with Gasteiger partial charge in [-0.05, 0) is 84.2 Å². The molecule has 2 heteroatoms. The second-order valence-electron chi connectivity index (χ2n) is 6.44. The van der Waals surface area contributed by atoms with Crippen LogP contribution >= 0.6 is 28.4 Å². The van der Waals surface area contributed by atoms with Crippen molar-refractivity contribution in [1.29, 1.82) is 0 Å². The zero-order valence-corrected chi connectivity index (χ0v) is 16.5. The van der Waals surface area contributed by atoms with Gasteiger partial charge in [-0.25, -0.2) is 0 Å². The third-order valence-corrected chi connectivity index (χ3v) is 13.2. The number of rotatable bonds is 3. The molecule has 0 saturated heterocycles. The van der Waals surface area contributed by atoms with Gasteiger partial charge in [0.05, 0.1) is 0 Å². The second kappa shape index (κ2) is 6.96. The Bertz CT molecular complexity index is 624. The molecule has 2 unspecified atom stereocenters. The maximum Gasteiger partial charge on any atom is 0.0229 e. The summed E-state index contributed by atoms with van der Waals surface area (Å²) < 4.78 is 0. The fraction of sp³-hybridized carbons (Fsp3) is 0.400. The average Bonchev–Trinajstić information content (AvgIpc) is 2.56. The van der Waals surface area contributed by atoms with Crippen molar-refractivity contribution in [2.24, 2.45) is 0 Å². The smallest absolute Gasteiger partial charge is 0.0229 e. The predicted octanol–water partition coefficient (Wildman–Crippen LogP) is 7.24. The Morgan fingerprint density at radius 1 is 1.05 bits per heavy atom. The van der Waals surface area contributed by atoms with E-state index in [2.05, 4.69) is 83.6 Å². The van der Waals surface area contributed by atoms with Crippen molar-refractivity contribution in [3.05, 3.63) is 64.6 Å². The minimum absolute atomic E-state index is 0.697. The van der Waals surface area contributed by atoms with Gasteiger partial charge in [-0.2, -0.15) is 0 Å². The van der Waals surface area contributed by atoms with Crippen LogP contribution in [0.2, 0.25) is 0 Å². The molecule has 0 saturated carbocycles. The summed E-state index contributed by atoms with van der Waals surface area (Å²) >= 11 is 2.83. The first kappa shape index (κ1) is 16.4.